The van der Waals surface area contributed by atoms with Crippen LogP contribution in [0.1, 0.15) is 60.8 Å². The summed E-state index contributed by atoms with van der Waals surface area (Å²) in [6, 6.07) is 0. The number of allylic oxidation sites excluding steroid dienone is 2. The molecule has 0 aromatic carbocycles. The number of cyclic esters (lactones) is 1. The van der Waals surface area contributed by atoms with Gasteiger partial charge in [0.1, 0.15) is 29.1 Å². The van der Waals surface area contributed by atoms with E-state index in [4.69, 9.17) is 9.47 Å². The summed E-state index contributed by atoms with van der Waals surface area (Å²) in [4.78, 5) is 59.1. The highest BCUT2D eigenvalue weighted by atomic mass is 32.2. The predicted molar refractivity (Wildman–Crippen MR) is 178 cm³/mol. The van der Waals surface area contributed by atoms with Crippen molar-refractivity contribution >= 4 is 33.4 Å². The fraction of sp³-hybridized carbons (Fsp3) is 0.647. The number of aliphatic hydroxyl groups excluding tert-OH is 1. The summed E-state index contributed by atoms with van der Waals surface area (Å²) in [5, 5.41) is 12.0. The second-order valence-corrected chi connectivity index (χ2v) is 15.5. The van der Waals surface area contributed by atoms with Crippen LogP contribution in [0.5, 0.6) is 0 Å². The lowest BCUT2D eigenvalue weighted by atomic mass is 9.93. The lowest BCUT2D eigenvalue weighted by molar-refractivity contribution is -0.180. The number of nitrogens with one attached hydrogen (secondary N) is 1. The smallest absolute Gasteiger partial charge is 0.355 e. The van der Waals surface area contributed by atoms with Crippen molar-refractivity contribution in [2.45, 2.75) is 90.2 Å². The molecule has 48 heavy (non-hydrogen) atoms. The highest BCUT2D eigenvalue weighted by Gasteiger charge is 2.73. The first-order valence-electron chi connectivity index (χ1n) is 16.8. The summed E-state index contributed by atoms with van der Waals surface area (Å²) in [6.45, 7) is 12.8. The number of amides is 2. The minimum Gasteiger partial charge on any atom is -0.475 e. The lowest BCUT2D eigenvalue weighted by Gasteiger charge is -2.43. The minimum absolute atomic E-state index is 0.00978. The van der Waals surface area contributed by atoms with Crippen molar-refractivity contribution in [2.75, 3.05) is 38.5 Å². The largest absolute Gasteiger partial charge is 0.475 e. The number of Topliss-reactive ketones (excluding diaryl/α,β-unsaturated/α-hetero) is 1. The van der Waals surface area contributed by atoms with Crippen LogP contribution in [-0.2, 0) is 38.5 Å². The fourth-order valence-corrected chi connectivity index (χ4v) is 9.19. The number of carbonyl (C=O) groups is 4. The van der Waals surface area contributed by atoms with E-state index in [0.29, 0.717) is 18.7 Å². The van der Waals surface area contributed by atoms with Crippen molar-refractivity contribution in [1.29, 1.82) is 0 Å². The van der Waals surface area contributed by atoms with Crippen LogP contribution in [0, 0.1) is 11.8 Å². The highest BCUT2D eigenvalue weighted by Crippen LogP contribution is 2.50. The van der Waals surface area contributed by atoms with Gasteiger partial charge in [0.25, 0.3) is 5.91 Å². The summed E-state index contributed by atoms with van der Waals surface area (Å²) in [5.41, 5.74) is -1.47. The number of esters is 1. The number of aliphatic hydroxyl groups is 1. The Balaban J connectivity index is 1.82. The van der Waals surface area contributed by atoms with Crippen molar-refractivity contribution in [3.63, 3.8) is 0 Å². The maximum absolute atomic E-state index is 14.8. The van der Waals surface area contributed by atoms with Crippen LogP contribution in [0.25, 0.3) is 0 Å². The van der Waals surface area contributed by atoms with Crippen LogP contribution in [0.15, 0.2) is 47.9 Å². The van der Waals surface area contributed by atoms with Gasteiger partial charge in [0.15, 0.2) is 16.1 Å². The zero-order valence-electron chi connectivity index (χ0n) is 28.8. The van der Waals surface area contributed by atoms with Crippen molar-refractivity contribution < 1.29 is 42.2 Å². The SMILES string of the molecule is CCN(CC)CCS(=O)(=O)[C@@H]1CCN2C(=O)C3=COC4CC(=O)C[C@H](O)/C=C(C)/C=C/CNC(=O)/C=C/[C@@H](C)[C@@H](C(C)C)OC(=O)[C@@]12N34. The van der Waals surface area contributed by atoms with Gasteiger partial charge >= 0.3 is 5.97 Å². The number of nitrogens with zero attached hydrogens (tertiary/aromatic N) is 3. The molecular weight excluding hydrogens is 640 g/mol. The minimum atomic E-state index is -4.04. The van der Waals surface area contributed by atoms with Crippen molar-refractivity contribution in [1.82, 2.24) is 20.0 Å². The summed E-state index contributed by atoms with van der Waals surface area (Å²) < 4.78 is 40.6. The molecule has 14 heteroatoms. The molecule has 0 aromatic heterocycles. The standard InChI is InChI=1S/C34H50N4O9S/c1-7-36(8-2)16-17-48(44,45)28-13-15-37-32(42)27-21-46-30-20-26(40)19-25(39)18-23(5)10-9-14-35-29(41)12-11-24(6)31(22(3)4)47-33(43)34(28,37)38(27)30/h9-12,18,21-22,24-25,28,30-31,39H,7-8,13-17,19-20H2,1-6H3,(H,35,41)/b10-9+,12-11+,23-18+/t24-,25-,28-,30?,31-,34+/m1/s1. The molecule has 4 heterocycles. The Kier molecular flexibility index (Phi) is 12.0. The Hall–Kier alpha value is -3.49. The molecule has 4 aliphatic heterocycles. The van der Waals surface area contributed by atoms with Crippen molar-refractivity contribution in [3.8, 4) is 0 Å². The van der Waals surface area contributed by atoms with E-state index in [1.807, 2.05) is 32.6 Å². The maximum Gasteiger partial charge on any atom is 0.355 e. The van der Waals surface area contributed by atoms with E-state index in [2.05, 4.69) is 5.32 Å². The van der Waals surface area contributed by atoms with E-state index in [-0.39, 0.29) is 62.2 Å². The van der Waals surface area contributed by atoms with E-state index < -0.39 is 62.8 Å². The second kappa shape index (κ2) is 15.4. The van der Waals surface area contributed by atoms with Gasteiger partial charge < -0.3 is 29.7 Å². The van der Waals surface area contributed by atoms with Crippen LogP contribution in [0.4, 0.5) is 0 Å². The van der Waals surface area contributed by atoms with Gasteiger partial charge in [-0.2, -0.15) is 0 Å². The Morgan fingerprint density at radius 2 is 1.83 bits per heavy atom. The molecule has 13 nitrogen and oxygen atoms in total. The number of hydrogen-bond acceptors (Lipinski definition) is 11. The summed E-state index contributed by atoms with van der Waals surface area (Å²) >= 11 is 0. The third-order valence-electron chi connectivity index (χ3n) is 9.55. The average molecular weight is 691 g/mol. The first-order valence-corrected chi connectivity index (χ1v) is 18.5. The number of carbonyl (C=O) groups excluding carboxylic acids is 4. The van der Waals surface area contributed by atoms with Gasteiger partial charge in [-0.25, -0.2) is 13.2 Å². The molecule has 0 radical (unpaired) electrons. The zero-order valence-corrected chi connectivity index (χ0v) is 29.6. The molecular formula is C34H50N4O9S. The van der Waals surface area contributed by atoms with Gasteiger partial charge in [0.05, 0.1) is 18.3 Å². The van der Waals surface area contributed by atoms with Gasteiger partial charge in [-0.1, -0.05) is 64.5 Å². The van der Waals surface area contributed by atoms with Gasteiger partial charge in [-0.3, -0.25) is 19.3 Å². The second-order valence-electron chi connectivity index (χ2n) is 13.2. The normalized spacial score (nSPS) is 33.0. The Labute approximate surface area is 283 Å². The number of hydrogen-bond donors (Lipinski definition) is 2. The Morgan fingerprint density at radius 1 is 1.12 bits per heavy atom. The molecule has 0 aliphatic carbocycles. The van der Waals surface area contributed by atoms with Crippen LogP contribution < -0.4 is 5.32 Å². The maximum atomic E-state index is 14.8. The van der Waals surface area contributed by atoms with Crippen molar-refractivity contribution in [3.05, 3.63) is 47.9 Å². The zero-order chi connectivity index (χ0) is 35.4. The highest BCUT2D eigenvalue weighted by molar-refractivity contribution is 7.92. The molecule has 266 valence electrons. The molecule has 0 aromatic rings. The van der Waals surface area contributed by atoms with E-state index in [1.54, 1.807) is 32.1 Å². The predicted octanol–water partition coefficient (Wildman–Crippen LogP) is 1.66. The molecule has 2 amide bonds. The van der Waals surface area contributed by atoms with Crippen LogP contribution >= 0.6 is 0 Å². The molecule has 0 saturated carbocycles. The van der Waals surface area contributed by atoms with Gasteiger partial charge in [0.2, 0.25) is 11.6 Å². The average Bonchev–Trinajstić information content (AvgIpc) is 3.68. The molecule has 6 atom stereocenters. The Bertz CT molecular complexity index is 1480. The monoisotopic (exact) mass is 690 g/mol. The quantitative estimate of drug-likeness (QED) is 0.374. The Morgan fingerprint density at radius 3 is 2.50 bits per heavy atom. The van der Waals surface area contributed by atoms with Crippen molar-refractivity contribution in [2.24, 2.45) is 11.8 Å². The van der Waals surface area contributed by atoms with E-state index in [1.165, 1.54) is 28.2 Å². The van der Waals surface area contributed by atoms with E-state index >= 15 is 0 Å². The molecule has 2 saturated heterocycles. The van der Waals surface area contributed by atoms with Gasteiger partial charge in [-0.05, 0) is 38.4 Å². The van der Waals surface area contributed by atoms with Gasteiger partial charge in [0, 0.05) is 32.0 Å². The van der Waals surface area contributed by atoms with E-state index in [9.17, 15) is 32.7 Å². The molecule has 4 aliphatic rings. The number of sulfone groups is 1. The molecule has 2 N–H and O–H groups in total. The molecule has 4 rings (SSSR count). The topological polar surface area (TPSA) is 163 Å². The number of ketones is 1. The van der Waals surface area contributed by atoms with Crippen LogP contribution in [0.2, 0.25) is 0 Å². The summed E-state index contributed by atoms with van der Waals surface area (Å²) in [6.07, 6.45) is 5.40. The molecule has 1 spiro atoms. The summed E-state index contributed by atoms with van der Waals surface area (Å²) in [7, 11) is -4.04. The third-order valence-corrected chi connectivity index (χ3v) is 11.7. The van der Waals surface area contributed by atoms with E-state index in [0.717, 1.165) is 0 Å². The third kappa shape index (κ3) is 7.55. The molecule has 1 unspecified atom stereocenters. The molecule has 0 bridgehead atoms. The van der Waals surface area contributed by atoms with Gasteiger partial charge in [-0.15, -0.1) is 0 Å². The van der Waals surface area contributed by atoms with Crippen LogP contribution in [0.3, 0.4) is 0 Å². The lowest BCUT2D eigenvalue weighted by Crippen LogP contribution is -2.67. The molecule has 2 fully saturated rings. The first-order chi connectivity index (χ1) is 22.7. The first kappa shape index (κ1) is 37.3. The number of ether oxygens (including phenoxy) is 2. The fourth-order valence-electron chi connectivity index (χ4n) is 7.09. The number of rotatable bonds is 7. The summed E-state index contributed by atoms with van der Waals surface area (Å²) in [5.74, 6) is -3.26. The van der Waals surface area contributed by atoms with Crippen LogP contribution in [-0.4, -0.2) is 120 Å².